The maximum Gasteiger partial charge on any atom is 0.128 e. The van der Waals surface area contributed by atoms with Gasteiger partial charge in [-0.25, -0.2) is 4.39 Å². The molecule has 0 heterocycles. The van der Waals surface area contributed by atoms with Crippen LogP contribution in [0.25, 0.3) is 0 Å². The Morgan fingerprint density at radius 3 is 2.53 bits per heavy atom. The summed E-state index contributed by atoms with van der Waals surface area (Å²) in [7, 11) is 0. The minimum absolute atomic E-state index is 0.232. The number of benzene rings is 2. The molecule has 2 atom stereocenters. The van der Waals surface area contributed by atoms with Gasteiger partial charge in [0.1, 0.15) is 5.82 Å². The number of nitrogens with two attached hydrogens (primary N) is 1. The summed E-state index contributed by atoms with van der Waals surface area (Å²) >= 11 is 5.82. The van der Waals surface area contributed by atoms with Crippen molar-refractivity contribution in [2.24, 2.45) is 5.73 Å². The molecule has 0 aromatic heterocycles. The van der Waals surface area contributed by atoms with E-state index in [1.807, 2.05) is 30.3 Å². The predicted molar refractivity (Wildman–Crippen MR) is 74.5 cm³/mol. The molecule has 0 unspecified atom stereocenters. The van der Waals surface area contributed by atoms with Gasteiger partial charge in [0.25, 0.3) is 0 Å². The average molecular weight is 280 g/mol. The highest BCUT2D eigenvalue weighted by Gasteiger charge is 2.20. The van der Waals surface area contributed by atoms with Crippen molar-refractivity contribution >= 4 is 11.6 Å². The fourth-order valence-corrected chi connectivity index (χ4v) is 2.14. The van der Waals surface area contributed by atoms with Crippen LogP contribution < -0.4 is 5.73 Å². The molecule has 0 amide bonds. The van der Waals surface area contributed by atoms with Gasteiger partial charge in [0.2, 0.25) is 0 Å². The van der Waals surface area contributed by atoms with E-state index in [0.717, 1.165) is 5.56 Å². The van der Waals surface area contributed by atoms with Crippen LogP contribution in [0.15, 0.2) is 48.5 Å². The Hall–Kier alpha value is -1.42. The molecule has 2 rings (SSSR count). The van der Waals surface area contributed by atoms with E-state index >= 15 is 0 Å². The molecular weight excluding hydrogens is 265 g/mol. The van der Waals surface area contributed by atoms with Gasteiger partial charge >= 0.3 is 0 Å². The molecule has 0 radical (unpaired) electrons. The molecule has 4 heteroatoms. The second-order valence-corrected chi connectivity index (χ2v) is 4.89. The molecule has 0 aliphatic carbocycles. The van der Waals surface area contributed by atoms with E-state index in [2.05, 4.69) is 0 Å². The van der Waals surface area contributed by atoms with Crippen molar-refractivity contribution in [3.05, 3.63) is 70.5 Å². The number of aliphatic hydroxyl groups is 1. The summed E-state index contributed by atoms with van der Waals surface area (Å²) < 4.78 is 13.7. The molecule has 2 aromatic rings. The average Bonchev–Trinajstić information content (AvgIpc) is 2.42. The summed E-state index contributed by atoms with van der Waals surface area (Å²) in [6.07, 6.45) is -0.496. The van der Waals surface area contributed by atoms with E-state index < -0.39 is 18.0 Å². The van der Waals surface area contributed by atoms with E-state index in [0.29, 0.717) is 11.4 Å². The first-order chi connectivity index (χ1) is 9.08. The third-order valence-electron chi connectivity index (χ3n) is 3.02. The van der Waals surface area contributed by atoms with E-state index in [1.54, 1.807) is 0 Å². The van der Waals surface area contributed by atoms with E-state index in [-0.39, 0.29) is 5.56 Å². The van der Waals surface area contributed by atoms with Crippen molar-refractivity contribution in [1.29, 1.82) is 0 Å². The molecule has 3 N–H and O–H groups in total. The molecule has 2 nitrogen and oxygen atoms in total. The third kappa shape index (κ3) is 3.53. The normalized spacial score (nSPS) is 14.1. The number of rotatable bonds is 4. The van der Waals surface area contributed by atoms with Gasteiger partial charge in [0.05, 0.1) is 12.1 Å². The van der Waals surface area contributed by atoms with Crippen LogP contribution in [0.2, 0.25) is 5.02 Å². The second kappa shape index (κ2) is 6.15. The van der Waals surface area contributed by atoms with Gasteiger partial charge in [-0.2, -0.15) is 0 Å². The van der Waals surface area contributed by atoms with Crippen molar-refractivity contribution in [3.8, 4) is 0 Å². The van der Waals surface area contributed by atoms with Crippen LogP contribution in [-0.2, 0) is 6.42 Å². The second-order valence-electron chi connectivity index (χ2n) is 4.45. The van der Waals surface area contributed by atoms with Gasteiger partial charge in [0, 0.05) is 17.0 Å². The van der Waals surface area contributed by atoms with Crippen LogP contribution in [0.1, 0.15) is 17.2 Å². The highest BCUT2D eigenvalue weighted by Crippen LogP contribution is 2.23. The molecule has 0 aliphatic heterocycles. The van der Waals surface area contributed by atoms with Crippen LogP contribution in [0, 0.1) is 5.82 Å². The van der Waals surface area contributed by atoms with Crippen molar-refractivity contribution in [2.75, 3.05) is 0 Å². The first-order valence-electron chi connectivity index (χ1n) is 6.00. The monoisotopic (exact) mass is 279 g/mol. The van der Waals surface area contributed by atoms with Crippen LogP contribution in [0.3, 0.4) is 0 Å². The maximum absolute atomic E-state index is 13.7. The van der Waals surface area contributed by atoms with Crippen LogP contribution in [-0.4, -0.2) is 11.2 Å². The summed E-state index contributed by atoms with van der Waals surface area (Å²) in [4.78, 5) is 0. The predicted octanol–water partition coefficient (Wildman–Crippen LogP) is 3.08. The summed E-state index contributed by atoms with van der Waals surface area (Å²) in [6, 6.07) is 12.8. The zero-order chi connectivity index (χ0) is 13.8. The molecule has 0 aliphatic rings. The Labute approximate surface area is 116 Å². The minimum Gasteiger partial charge on any atom is -0.391 e. The summed E-state index contributed by atoms with van der Waals surface area (Å²) in [5.41, 5.74) is 7.09. The number of hydrogen-bond acceptors (Lipinski definition) is 2. The zero-order valence-corrected chi connectivity index (χ0v) is 11.0. The van der Waals surface area contributed by atoms with E-state index in [9.17, 15) is 9.50 Å². The molecule has 0 saturated carbocycles. The third-order valence-corrected chi connectivity index (χ3v) is 3.25. The number of halogens is 2. The van der Waals surface area contributed by atoms with Gasteiger partial charge in [-0.1, -0.05) is 41.9 Å². The lowest BCUT2D eigenvalue weighted by molar-refractivity contribution is 0.143. The smallest absolute Gasteiger partial charge is 0.128 e. The Morgan fingerprint density at radius 1 is 1.16 bits per heavy atom. The highest BCUT2D eigenvalue weighted by molar-refractivity contribution is 6.30. The lowest BCUT2D eigenvalue weighted by atomic mass is 9.96. The zero-order valence-electron chi connectivity index (χ0n) is 10.3. The van der Waals surface area contributed by atoms with Gasteiger partial charge < -0.3 is 10.8 Å². The lowest BCUT2D eigenvalue weighted by Crippen LogP contribution is -2.28. The molecular formula is C15H15ClFNO. The Balaban J connectivity index is 2.14. The summed E-state index contributed by atoms with van der Waals surface area (Å²) in [6.45, 7) is 0. The minimum atomic E-state index is -0.865. The molecule has 2 aromatic carbocycles. The SMILES string of the molecule is N[C@@H](c1cc(Cl)ccc1F)[C@H](O)Cc1ccccc1. The lowest BCUT2D eigenvalue weighted by Gasteiger charge is -2.20. The fraction of sp³-hybridized carbons (Fsp3) is 0.200. The number of hydrogen-bond donors (Lipinski definition) is 2. The first kappa shape index (κ1) is 14.0. The quantitative estimate of drug-likeness (QED) is 0.903. The first-order valence-corrected chi connectivity index (χ1v) is 6.38. The molecule has 0 bridgehead atoms. The molecule has 0 saturated heterocycles. The summed E-state index contributed by atoms with van der Waals surface area (Å²) in [5.74, 6) is -0.455. The van der Waals surface area contributed by atoms with Crippen molar-refractivity contribution in [3.63, 3.8) is 0 Å². The molecule has 100 valence electrons. The van der Waals surface area contributed by atoms with Gasteiger partial charge in [-0.05, 0) is 23.8 Å². The Bertz CT molecular complexity index is 547. The van der Waals surface area contributed by atoms with Crippen LogP contribution in [0.5, 0.6) is 0 Å². The van der Waals surface area contributed by atoms with Gasteiger partial charge in [0.15, 0.2) is 0 Å². The topological polar surface area (TPSA) is 46.2 Å². The molecule has 0 fully saturated rings. The highest BCUT2D eigenvalue weighted by atomic mass is 35.5. The molecule has 0 spiro atoms. The Morgan fingerprint density at radius 2 is 1.84 bits per heavy atom. The van der Waals surface area contributed by atoms with Crippen molar-refractivity contribution in [2.45, 2.75) is 18.6 Å². The van der Waals surface area contributed by atoms with Crippen molar-refractivity contribution < 1.29 is 9.50 Å². The Kier molecular flexibility index (Phi) is 4.53. The summed E-state index contributed by atoms with van der Waals surface area (Å²) in [5, 5.41) is 10.5. The molecule has 19 heavy (non-hydrogen) atoms. The van der Waals surface area contributed by atoms with Gasteiger partial charge in [-0.3, -0.25) is 0 Å². The van der Waals surface area contributed by atoms with E-state index in [4.69, 9.17) is 17.3 Å². The van der Waals surface area contributed by atoms with Crippen molar-refractivity contribution in [1.82, 2.24) is 0 Å². The number of aliphatic hydroxyl groups excluding tert-OH is 1. The van der Waals surface area contributed by atoms with E-state index in [1.165, 1.54) is 18.2 Å². The van der Waals surface area contributed by atoms with Gasteiger partial charge in [-0.15, -0.1) is 0 Å². The standard InChI is InChI=1S/C15H15ClFNO/c16-11-6-7-13(17)12(9-11)15(18)14(19)8-10-4-2-1-3-5-10/h1-7,9,14-15,19H,8,18H2/t14-,15+/m1/s1. The van der Waals surface area contributed by atoms with Crippen LogP contribution in [0.4, 0.5) is 4.39 Å². The fourth-order valence-electron chi connectivity index (χ4n) is 1.96. The largest absolute Gasteiger partial charge is 0.391 e. The van der Waals surface area contributed by atoms with Crippen LogP contribution >= 0.6 is 11.6 Å². The maximum atomic E-state index is 13.7.